The van der Waals surface area contributed by atoms with Gasteiger partial charge in [-0.1, -0.05) is 25.1 Å². The van der Waals surface area contributed by atoms with E-state index in [1.807, 2.05) is 32.0 Å². The Hall–Kier alpha value is -2.56. The summed E-state index contributed by atoms with van der Waals surface area (Å²) in [5, 5.41) is 2.77. The van der Waals surface area contributed by atoms with Crippen LogP contribution in [0.25, 0.3) is 0 Å². The zero-order chi connectivity index (χ0) is 16.8. The Morgan fingerprint density at radius 2 is 2.00 bits per heavy atom. The number of benzene rings is 1. The van der Waals surface area contributed by atoms with Gasteiger partial charge in [-0.2, -0.15) is 0 Å². The van der Waals surface area contributed by atoms with Crippen molar-refractivity contribution in [3.63, 3.8) is 0 Å². The number of amides is 2. The molecule has 0 spiro atoms. The molecule has 0 aliphatic rings. The molecule has 5 heteroatoms. The molecule has 1 N–H and O–H groups in total. The van der Waals surface area contributed by atoms with E-state index in [2.05, 4.69) is 5.32 Å². The Bertz CT molecular complexity index is 678. The van der Waals surface area contributed by atoms with E-state index in [-0.39, 0.29) is 18.4 Å². The van der Waals surface area contributed by atoms with Crippen molar-refractivity contribution in [1.29, 1.82) is 0 Å². The van der Waals surface area contributed by atoms with E-state index in [0.29, 0.717) is 12.3 Å². The first-order chi connectivity index (χ1) is 11.0. The predicted octanol–water partition coefficient (Wildman–Crippen LogP) is 2.82. The summed E-state index contributed by atoms with van der Waals surface area (Å²) in [6.45, 7) is 5.77. The number of anilines is 1. The first kappa shape index (κ1) is 16.8. The van der Waals surface area contributed by atoms with Crippen molar-refractivity contribution in [2.75, 3.05) is 11.4 Å². The Labute approximate surface area is 136 Å². The van der Waals surface area contributed by atoms with Crippen LogP contribution in [0.5, 0.6) is 0 Å². The van der Waals surface area contributed by atoms with Crippen molar-refractivity contribution in [2.24, 2.45) is 0 Å². The van der Waals surface area contributed by atoms with Gasteiger partial charge in [-0.3, -0.25) is 9.59 Å². The molecule has 0 aliphatic carbocycles. The molecule has 0 saturated carbocycles. The Morgan fingerprint density at radius 1 is 1.22 bits per heavy atom. The largest absolute Gasteiger partial charge is 0.467 e. The number of carbonyl (C=O) groups excluding carboxylic acids is 2. The highest BCUT2D eigenvalue weighted by molar-refractivity contribution is 5.98. The molecule has 122 valence electrons. The molecule has 0 bridgehead atoms. The number of aryl methyl sites for hydroxylation is 2. The summed E-state index contributed by atoms with van der Waals surface area (Å²) < 4.78 is 5.18. The molecule has 0 radical (unpaired) electrons. The molecular weight excluding hydrogens is 292 g/mol. The van der Waals surface area contributed by atoms with Crippen LogP contribution in [0.1, 0.15) is 30.7 Å². The van der Waals surface area contributed by atoms with Gasteiger partial charge in [0.15, 0.2) is 0 Å². The first-order valence-corrected chi connectivity index (χ1v) is 7.68. The van der Waals surface area contributed by atoms with Crippen molar-refractivity contribution in [3.05, 3.63) is 53.5 Å². The maximum atomic E-state index is 12.2. The minimum atomic E-state index is -0.220. The second kappa shape index (κ2) is 7.63. The third kappa shape index (κ3) is 4.22. The van der Waals surface area contributed by atoms with Gasteiger partial charge in [0, 0.05) is 6.92 Å². The minimum Gasteiger partial charge on any atom is -0.467 e. The van der Waals surface area contributed by atoms with E-state index >= 15 is 0 Å². The van der Waals surface area contributed by atoms with Crippen LogP contribution in [0.15, 0.2) is 41.0 Å². The molecule has 1 heterocycles. The van der Waals surface area contributed by atoms with Gasteiger partial charge < -0.3 is 14.6 Å². The maximum absolute atomic E-state index is 12.2. The Morgan fingerprint density at radius 3 is 2.61 bits per heavy atom. The summed E-state index contributed by atoms with van der Waals surface area (Å²) in [5.74, 6) is 0.307. The van der Waals surface area contributed by atoms with Crippen molar-refractivity contribution in [2.45, 2.75) is 33.7 Å². The van der Waals surface area contributed by atoms with Gasteiger partial charge in [0.05, 0.1) is 18.5 Å². The number of carbonyl (C=O) groups is 2. The first-order valence-electron chi connectivity index (χ1n) is 7.68. The number of hydrogen-bond donors (Lipinski definition) is 1. The fourth-order valence-electron chi connectivity index (χ4n) is 2.54. The van der Waals surface area contributed by atoms with Gasteiger partial charge in [0.25, 0.3) is 0 Å². The second-order valence-electron chi connectivity index (χ2n) is 5.40. The molecule has 2 aromatic rings. The van der Waals surface area contributed by atoms with Gasteiger partial charge in [-0.15, -0.1) is 0 Å². The number of furan rings is 1. The topological polar surface area (TPSA) is 62.6 Å². The van der Waals surface area contributed by atoms with E-state index in [9.17, 15) is 9.59 Å². The van der Waals surface area contributed by atoms with Crippen LogP contribution in [0.4, 0.5) is 5.69 Å². The molecule has 1 aromatic heterocycles. The summed E-state index contributed by atoms with van der Waals surface area (Å²) in [6.07, 6.45) is 2.36. The Kier molecular flexibility index (Phi) is 5.57. The summed E-state index contributed by atoms with van der Waals surface area (Å²) in [6, 6.07) is 9.46. The van der Waals surface area contributed by atoms with Crippen molar-refractivity contribution in [3.8, 4) is 0 Å². The summed E-state index contributed by atoms with van der Waals surface area (Å²) in [7, 11) is 0. The molecule has 0 aliphatic heterocycles. The van der Waals surface area contributed by atoms with E-state index in [0.717, 1.165) is 23.2 Å². The fraction of sp³-hybridized carbons (Fsp3) is 0.333. The number of hydrogen-bond acceptors (Lipinski definition) is 3. The lowest BCUT2D eigenvalue weighted by Crippen LogP contribution is -2.40. The van der Waals surface area contributed by atoms with Gasteiger partial charge in [0.1, 0.15) is 12.3 Å². The number of para-hydroxylation sites is 1. The summed E-state index contributed by atoms with van der Waals surface area (Å²) in [4.78, 5) is 25.8. The van der Waals surface area contributed by atoms with Crippen molar-refractivity contribution >= 4 is 17.5 Å². The molecular formula is C18H22N2O3. The second-order valence-corrected chi connectivity index (χ2v) is 5.40. The smallest absolute Gasteiger partial charge is 0.240 e. The SMILES string of the molecule is CCc1cccc(C)c1N(CC(=O)NCc1ccco1)C(C)=O. The zero-order valence-corrected chi connectivity index (χ0v) is 13.8. The quantitative estimate of drug-likeness (QED) is 0.892. The van der Waals surface area contributed by atoms with Gasteiger partial charge in [0.2, 0.25) is 11.8 Å². The van der Waals surface area contributed by atoms with E-state index < -0.39 is 0 Å². The van der Waals surface area contributed by atoms with Crippen LogP contribution in [0.2, 0.25) is 0 Å². The number of nitrogens with one attached hydrogen (secondary N) is 1. The standard InChI is InChI=1S/C18H22N2O3/c1-4-15-8-5-7-13(2)18(15)20(14(3)21)12-17(22)19-11-16-9-6-10-23-16/h5-10H,4,11-12H2,1-3H3,(H,19,22). The molecule has 0 atom stereocenters. The van der Waals surface area contributed by atoms with E-state index in [4.69, 9.17) is 4.42 Å². The Balaban J connectivity index is 2.13. The number of rotatable bonds is 6. The highest BCUT2D eigenvalue weighted by atomic mass is 16.3. The molecule has 0 unspecified atom stereocenters. The van der Waals surface area contributed by atoms with Gasteiger partial charge in [-0.25, -0.2) is 0 Å². The van der Waals surface area contributed by atoms with Crippen molar-refractivity contribution < 1.29 is 14.0 Å². The average molecular weight is 314 g/mol. The fourth-order valence-corrected chi connectivity index (χ4v) is 2.54. The van der Waals surface area contributed by atoms with Crippen LogP contribution < -0.4 is 10.2 Å². The highest BCUT2D eigenvalue weighted by Crippen LogP contribution is 2.25. The number of nitrogens with zero attached hydrogens (tertiary/aromatic N) is 1. The third-order valence-corrected chi connectivity index (χ3v) is 3.69. The lowest BCUT2D eigenvalue weighted by molar-refractivity contribution is -0.123. The average Bonchev–Trinajstić information content (AvgIpc) is 3.04. The minimum absolute atomic E-state index is 0.00606. The molecule has 1 aromatic carbocycles. The van der Waals surface area contributed by atoms with Crippen LogP contribution in [-0.4, -0.2) is 18.4 Å². The molecule has 5 nitrogen and oxygen atoms in total. The lowest BCUT2D eigenvalue weighted by atomic mass is 10.0. The molecule has 2 rings (SSSR count). The summed E-state index contributed by atoms with van der Waals surface area (Å²) >= 11 is 0. The van der Waals surface area contributed by atoms with Crippen LogP contribution in [-0.2, 0) is 22.6 Å². The monoisotopic (exact) mass is 314 g/mol. The summed E-state index contributed by atoms with van der Waals surface area (Å²) in [5.41, 5.74) is 2.87. The normalized spacial score (nSPS) is 10.4. The van der Waals surface area contributed by atoms with Gasteiger partial charge in [-0.05, 0) is 36.6 Å². The lowest BCUT2D eigenvalue weighted by Gasteiger charge is -2.25. The molecule has 2 amide bonds. The zero-order valence-electron chi connectivity index (χ0n) is 13.8. The molecule has 0 fully saturated rings. The third-order valence-electron chi connectivity index (χ3n) is 3.69. The van der Waals surface area contributed by atoms with E-state index in [1.165, 1.54) is 11.8 Å². The van der Waals surface area contributed by atoms with Crippen LogP contribution in [0.3, 0.4) is 0 Å². The van der Waals surface area contributed by atoms with Crippen molar-refractivity contribution in [1.82, 2.24) is 5.32 Å². The predicted molar refractivity (Wildman–Crippen MR) is 89.1 cm³/mol. The highest BCUT2D eigenvalue weighted by Gasteiger charge is 2.20. The van der Waals surface area contributed by atoms with Crippen LogP contribution in [0, 0.1) is 6.92 Å². The maximum Gasteiger partial charge on any atom is 0.240 e. The molecule has 23 heavy (non-hydrogen) atoms. The van der Waals surface area contributed by atoms with E-state index in [1.54, 1.807) is 18.4 Å². The van der Waals surface area contributed by atoms with Crippen LogP contribution >= 0.6 is 0 Å². The molecule has 0 saturated heterocycles. The van der Waals surface area contributed by atoms with Gasteiger partial charge >= 0.3 is 0 Å².